The van der Waals surface area contributed by atoms with Gasteiger partial charge in [-0.3, -0.25) is 9.30 Å². The van der Waals surface area contributed by atoms with E-state index in [0.29, 0.717) is 6.54 Å². The lowest BCUT2D eigenvalue weighted by Crippen LogP contribution is -2.40. The molecule has 1 aliphatic heterocycles. The minimum absolute atomic E-state index is 0.590. The Kier molecular flexibility index (Phi) is 6.45. The van der Waals surface area contributed by atoms with Gasteiger partial charge in [0, 0.05) is 44.0 Å². The van der Waals surface area contributed by atoms with E-state index in [-0.39, 0.29) is 0 Å². The van der Waals surface area contributed by atoms with Crippen LogP contribution in [0.25, 0.3) is 4.96 Å². The zero-order valence-electron chi connectivity index (χ0n) is 14.2. The highest BCUT2D eigenvalue weighted by molar-refractivity contribution is 7.15. The Bertz CT molecular complexity index is 617. The van der Waals surface area contributed by atoms with E-state index in [1.54, 1.807) is 11.3 Å². The second kappa shape index (κ2) is 9.00. The SMILES string of the molecule is CCNC(=NCc1cn2ccsc2n1)NCCCN1CCOCC1. The van der Waals surface area contributed by atoms with Gasteiger partial charge in [0.05, 0.1) is 25.5 Å². The number of morpholine rings is 1. The number of rotatable bonds is 7. The standard InChI is InChI=1S/C16H26N6OS/c1-2-17-15(18-4-3-5-21-6-9-23-10-7-21)19-12-14-13-22-8-11-24-16(22)20-14/h8,11,13H,2-7,9-10,12H2,1H3,(H2,17,18,19). The summed E-state index contributed by atoms with van der Waals surface area (Å²) in [5.74, 6) is 0.857. The molecule has 0 atom stereocenters. The number of thiazole rings is 1. The molecule has 2 aromatic rings. The molecule has 0 bridgehead atoms. The van der Waals surface area contributed by atoms with Crippen LogP contribution in [0.1, 0.15) is 19.0 Å². The highest BCUT2D eigenvalue weighted by Crippen LogP contribution is 2.11. The van der Waals surface area contributed by atoms with Crippen LogP contribution >= 0.6 is 11.3 Å². The van der Waals surface area contributed by atoms with Crippen LogP contribution in [0.5, 0.6) is 0 Å². The van der Waals surface area contributed by atoms with Crippen molar-refractivity contribution in [2.45, 2.75) is 19.9 Å². The highest BCUT2D eigenvalue weighted by Gasteiger charge is 2.09. The topological polar surface area (TPSA) is 66.2 Å². The lowest BCUT2D eigenvalue weighted by Gasteiger charge is -2.26. The fraction of sp³-hybridized carbons (Fsp3) is 0.625. The molecule has 1 fully saturated rings. The third-order valence-electron chi connectivity index (χ3n) is 3.93. The predicted molar refractivity (Wildman–Crippen MR) is 97.8 cm³/mol. The van der Waals surface area contributed by atoms with Crippen LogP contribution in [0.3, 0.4) is 0 Å². The van der Waals surface area contributed by atoms with Gasteiger partial charge in [-0.15, -0.1) is 11.3 Å². The Morgan fingerprint density at radius 1 is 1.38 bits per heavy atom. The van der Waals surface area contributed by atoms with Gasteiger partial charge in [-0.25, -0.2) is 9.98 Å². The van der Waals surface area contributed by atoms with E-state index in [9.17, 15) is 0 Å². The molecule has 0 radical (unpaired) electrons. The molecule has 132 valence electrons. The number of nitrogens with one attached hydrogen (secondary N) is 2. The van der Waals surface area contributed by atoms with E-state index >= 15 is 0 Å². The summed E-state index contributed by atoms with van der Waals surface area (Å²) in [6.45, 7) is 9.36. The smallest absolute Gasteiger partial charge is 0.193 e. The van der Waals surface area contributed by atoms with E-state index in [1.165, 1.54) is 0 Å². The average Bonchev–Trinajstić information content (AvgIpc) is 3.19. The van der Waals surface area contributed by atoms with Gasteiger partial charge in [-0.05, 0) is 19.9 Å². The number of hydrogen-bond donors (Lipinski definition) is 2. The summed E-state index contributed by atoms with van der Waals surface area (Å²) < 4.78 is 7.41. The van der Waals surface area contributed by atoms with Gasteiger partial charge in [-0.1, -0.05) is 0 Å². The molecule has 8 heteroatoms. The summed E-state index contributed by atoms with van der Waals surface area (Å²) >= 11 is 1.64. The van der Waals surface area contributed by atoms with Gasteiger partial charge in [-0.2, -0.15) is 0 Å². The van der Waals surface area contributed by atoms with Crippen molar-refractivity contribution in [2.75, 3.05) is 45.9 Å². The molecule has 0 aromatic carbocycles. The molecule has 0 amide bonds. The first-order chi connectivity index (χ1) is 11.8. The van der Waals surface area contributed by atoms with Crippen LogP contribution in [0.4, 0.5) is 0 Å². The fourth-order valence-electron chi connectivity index (χ4n) is 2.69. The molecule has 24 heavy (non-hydrogen) atoms. The predicted octanol–water partition coefficient (Wildman–Crippen LogP) is 1.17. The largest absolute Gasteiger partial charge is 0.379 e. The average molecular weight is 350 g/mol. The van der Waals surface area contributed by atoms with Crippen LogP contribution in [-0.4, -0.2) is 66.2 Å². The minimum Gasteiger partial charge on any atom is -0.379 e. The molecule has 3 heterocycles. The van der Waals surface area contributed by atoms with Crippen LogP contribution in [0, 0.1) is 0 Å². The Morgan fingerprint density at radius 3 is 3.04 bits per heavy atom. The second-order valence-electron chi connectivity index (χ2n) is 5.75. The van der Waals surface area contributed by atoms with E-state index in [0.717, 1.165) is 69.0 Å². The van der Waals surface area contributed by atoms with Crippen molar-refractivity contribution in [3.63, 3.8) is 0 Å². The molecule has 7 nitrogen and oxygen atoms in total. The number of imidazole rings is 1. The van der Waals surface area contributed by atoms with Crippen molar-refractivity contribution in [1.29, 1.82) is 0 Å². The third kappa shape index (κ3) is 4.93. The lowest BCUT2D eigenvalue weighted by atomic mass is 10.3. The lowest BCUT2D eigenvalue weighted by molar-refractivity contribution is 0.0376. The zero-order chi connectivity index (χ0) is 16.6. The first-order valence-corrected chi connectivity index (χ1v) is 9.46. The maximum absolute atomic E-state index is 5.37. The van der Waals surface area contributed by atoms with Gasteiger partial charge >= 0.3 is 0 Å². The number of hydrogen-bond acceptors (Lipinski definition) is 5. The first-order valence-electron chi connectivity index (χ1n) is 8.58. The van der Waals surface area contributed by atoms with Crippen molar-refractivity contribution in [2.24, 2.45) is 4.99 Å². The number of guanidine groups is 1. The summed E-state index contributed by atoms with van der Waals surface area (Å²) in [5.41, 5.74) is 0.993. The Hall–Kier alpha value is -1.64. The summed E-state index contributed by atoms with van der Waals surface area (Å²) in [4.78, 5) is 12.7. The molecular formula is C16H26N6OS. The van der Waals surface area contributed by atoms with Crippen molar-refractivity contribution in [3.05, 3.63) is 23.5 Å². The normalized spacial score (nSPS) is 16.6. The quantitative estimate of drug-likeness (QED) is 0.446. The highest BCUT2D eigenvalue weighted by atomic mass is 32.1. The maximum Gasteiger partial charge on any atom is 0.193 e. The van der Waals surface area contributed by atoms with Crippen LogP contribution in [0.15, 0.2) is 22.8 Å². The molecule has 0 spiro atoms. The Balaban J connectivity index is 1.43. The van der Waals surface area contributed by atoms with Gasteiger partial charge < -0.3 is 15.4 Å². The number of aliphatic imine (C=N–C) groups is 1. The number of nitrogens with zero attached hydrogens (tertiary/aromatic N) is 4. The fourth-order valence-corrected chi connectivity index (χ4v) is 3.41. The van der Waals surface area contributed by atoms with E-state index in [1.807, 2.05) is 22.2 Å². The summed E-state index contributed by atoms with van der Waals surface area (Å²) in [6, 6.07) is 0. The second-order valence-corrected chi connectivity index (χ2v) is 6.63. The molecule has 3 rings (SSSR count). The molecule has 1 saturated heterocycles. The first kappa shape index (κ1) is 17.2. The summed E-state index contributed by atoms with van der Waals surface area (Å²) in [5, 5.41) is 8.74. The van der Waals surface area contributed by atoms with E-state index in [4.69, 9.17) is 4.74 Å². The van der Waals surface area contributed by atoms with Gasteiger partial charge in [0.15, 0.2) is 10.9 Å². The maximum atomic E-state index is 5.37. The molecule has 1 aliphatic rings. The minimum atomic E-state index is 0.590. The summed E-state index contributed by atoms with van der Waals surface area (Å²) in [6.07, 6.45) is 5.16. The number of fused-ring (bicyclic) bond motifs is 1. The molecule has 0 unspecified atom stereocenters. The van der Waals surface area contributed by atoms with Gasteiger partial charge in [0.25, 0.3) is 0 Å². The van der Waals surface area contributed by atoms with Crippen molar-refractivity contribution < 1.29 is 4.74 Å². The van der Waals surface area contributed by atoms with Crippen molar-refractivity contribution in [1.82, 2.24) is 24.9 Å². The monoisotopic (exact) mass is 350 g/mol. The van der Waals surface area contributed by atoms with Crippen LogP contribution < -0.4 is 10.6 Å². The Morgan fingerprint density at radius 2 is 2.25 bits per heavy atom. The molecule has 0 aliphatic carbocycles. The molecule has 0 saturated carbocycles. The zero-order valence-corrected chi connectivity index (χ0v) is 15.0. The third-order valence-corrected chi connectivity index (χ3v) is 4.70. The number of ether oxygens (including phenoxy) is 1. The van der Waals surface area contributed by atoms with Crippen LogP contribution in [-0.2, 0) is 11.3 Å². The van der Waals surface area contributed by atoms with E-state index < -0.39 is 0 Å². The van der Waals surface area contributed by atoms with Gasteiger partial charge in [0.2, 0.25) is 0 Å². The van der Waals surface area contributed by atoms with Crippen molar-refractivity contribution >= 4 is 22.3 Å². The number of aromatic nitrogens is 2. The van der Waals surface area contributed by atoms with Crippen LogP contribution in [0.2, 0.25) is 0 Å². The Labute approximate surface area is 146 Å². The molecular weight excluding hydrogens is 324 g/mol. The molecule has 2 aromatic heterocycles. The van der Waals surface area contributed by atoms with E-state index in [2.05, 4.69) is 32.4 Å². The van der Waals surface area contributed by atoms with Crippen molar-refractivity contribution in [3.8, 4) is 0 Å². The summed E-state index contributed by atoms with van der Waals surface area (Å²) in [7, 11) is 0. The van der Waals surface area contributed by atoms with Gasteiger partial charge in [0.1, 0.15) is 0 Å². The molecule has 2 N–H and O–H groups in total.